The van der Waals surface area contributed by atoms with Gasteiger partial charge >= 0.3 is 6.01 Å². The van der Waals surface area contributed by atoms with Gasteiger partial charge in [-0.2, -0.15) is 4.98 Å². The van der Waals surface area contributed by atoms with E-state index in [0.29, 0.717) is 35.5 Å². The summed E-state index contributed by atoms with van der Waals surface area (Å²) in [6, 6.07) is 23.5. The molecule has 1 amide bonds. The second-order valence-corrected chi connectivity index (χ2v) is 9.14. The number of carbonyl (C=O) groups excluding carboxylic acids is 1. The number of oxazole rings is 1. The van der Waals surface area contributed by atoms with Gasteiger partial charge in [-0.25, -0.2) is 4.98 Å². The molecule has 0 aliphatic heterocycles. The van der Waals surface area contributed by atoms with Gasteiger partial charge in [0, 0.05) is 34.4 Å². The van der Waals surface area contributed by atoms with Gasteiger partial charge < -0.3 is 9.73 Å². The number of halogens is 2. The molecule has 0 fully saturated rings. The van der Waals surface area contributed by atoms with Crippen molar-refractivity contribution >= 4 is 44.5 Å². The van der Waals surface area contributed by atoms with E-state index in [0.717, 1.165) is 26.6 Å². The topological polar surface area (TPSA) is 73.0 Å². The molecule has 0 unspecified atom stereocenters. The third-order valence-electron chi connectivity index (χ3n) is 5.42. The van der Waals surface area contributed by atoms with Crippen molar-refractivity contribution in [2.24, 2.45) is 0 Å². The highest BCUT2D eigenvalue weighted by atomic mass is 79.9. The van der Waals surface area contributed by atoms with E-state index in [1.165, 1.54) is 0 Å². The van der Waals surface area contributed by atoms with Crippen molar-refractivity contribution in [2.75, 3.05) is 0 Å². The van der Waals surface area contributed by atoms with Crippen LogP contribution in [0.4, 0.5) is 0 Å². The molecule has 0 aliphatic rings. The second kappa shape index (κ2) is 9.83. The van der Waals surface area contributed by atoms with Crippen LogP contribution in [0.3, 0.4) is 0 Å². The fourth-order valence-electron chi connectivity index (χ4n) is 3.72. The zero-order chi connectivity index (χ0) is 23.5. The quantitative estimate of drug-likeness (QED) is 0.264. The average molecular weight is 536 g/mol. The van der Waals surface area contributed by atoms with Crippen LogP contribution in [0.15, 0.2) is 88.0 Å². The van der Waals surface area contributed by atoms with Gasteiger partial charge in [0.1, 0.15) is 17.8 Å². The van der Waals surface area contributed by atoms with E-state index in [-0.39, 0.29) is 12.3 Å². The van der Waals surface area contributed by atoms with Gasteiger partial charge in [-0.1, -0.05) is 63.9 Å². The Morgan fingerprint density at radius 1 is 1.06 bits per heavy atom. The molecule has 8 heteroatoms. The summed E-state index contributed by atoms with van der Waals surface area (Å²) in [4.78, 5) is 21.7. The zero-order valence-electron chi connectivity index (χ0n) is 18.0. The van der Waals surface area contributed by atoms with Gasteiger partial charge in [-0.05, 0) is 42.0 Å². The summed E-state index contributed by atoms with van der Waals surface area (Å²) in [6.07, 6.45) is 2.37. The summed E-state index contributed by atoms with van der Waals surface area (Å²) < 4.78 is 8.96. The van der Waals surface area contributed by atoms with Crippen molar-refractivity contribution in [3.63, 3.8) is 0 Å². The maximum atomic E-state index is 12.6. The van der Waals surface area contributed by atoms with Crippen LogP contribution in [0.2, 0.25) is 5.02 Å². The van der Waals surface area contributed by atoms with E-state index in [2.05, 4.69) is 26.2 Å². The molecular weight excluding hydrogens is 516 g/mol. The van der Waals surface area contributed by atoms with E-state index in [9.17, 15) is 4.79 Å². The van der Waals surface area contributed by atoms with Crippen molar-refractivity contribution in [1.29, 1.82) is 0 Å². The molecule has 0 saturated heterocycles. The SMILES string of the molecule is O=C(CCc1oc(-n2cnc3ccccc32)nc1-c1ccc(Cl)cc1)NCc1cccc(Br)c1. The number of para-hydroxylation sites is 2. The number of fused-ring (bicyclic) bond motifs is 1. The molecule has 1 N–H and O–H groups in total. The van der Waals surface area contributed by atoms with Crippen LogP contribution in [0.5, 0.6) is 0 Å². The molecule has 0 aliphatic carbocycles. The lowest BCUT2D eigenvalue weighted by molar-refractivity contribution is -0.121. The Morgan fingerprint density at radius 3 is 2.71 bits per heavy atom. The predicted octanol–water partition coefficient (Wildman–Crippen LogP) is 6.35. The molecule has 0 spiro atoms. The van der Waals surface area contributed by atoms with Gasteiger partial charge in [-0.15, -0.1) is 0 Å². The molecule has 170 valence electrons. The summed E-state index contributed by atoms with van der Waals surface area (Å²) in [7, 11) is 0. The Balaban J connectivity index is 1.39. The van der Waals surface area contributed by atoms with Gasteiger partial charge in [-0.3, -0.25) is 9.36 Å². The molecule has 0 radical (unpaired) electrons. The Hall–Kier alpha value is -3.42. The lowest BCUT2D eigenvalue weighted by Gasteiger charge is -2.06. The van der Waals surface area contributed by atoms with E-state index in [1.807, 2.05) is 77.4 Å². The first kappa shape index (κ1) is 22.4. The van der Waals surface area contributed by atoms with Gasteiger partial charge in [0.15, 0.2) is 0 Å². The number of rotatable bonds is 7. The first-order valence-electron chi connectivity index (χ1n) is 10.8. The summed E-state index contributed by atoms with van der Waals surface area (Å²) in [5.74, 6) is 0.570. The first-order valence-corrected chi connectivity index (χ1v) is 11.9. The van der Waals surface area contributed by atoms with Crippen molar-refractivity contribution in [3.8, 4) is 17.3 Å². The largest absolute Gasteiger partial charge is 0.427 e. The lowest BCUT2D eigenvalue weighted by atomic mass is 10.1. The Morgan fingerprint density at radius 2 is 1.88 bits per heavy atom. The number of amides is 1. The highest BCUT2D eigenvalue weighted by Crippen LogP contribution is 2.29. The third-order valence-corrected chi connectivity index (χ3v) is 6.17. The first-order chi connectivity index (χ1) is 16.6. The molecular formula is C26H20BrClN4O2. The van der Waals surface area contributed by atoms with Crippen LogP contribution in [0, 0.1) is 0 Å². The summed E-state index contributed by atoms with van der Waals surface area (Å²) in [6.45, 7) is 0.463. The molecule has 3 aromatic carbocycles. The summed E-state index contributed by atoms with van der Waals surface area (Å²) in [5.41, 5.74) is 4.32. The molecule has 0 atom stereocenters. The van der Waals surface area contributed by atoms with Gasteiger partial charge in [0.25, 0.3) is 0 Å². The molecule has 34 heavy (non-hydrogen) atoms. The van der Waals surface area contributed by atoms with E-state index < -0.39 is 0 Å². The number of hydrogen-bond donors (Lipinski definition) is 1. The van der Waals surface area contributed by atoms with Gasteiger partial charge in [0.2, 0.25) is 5.91 Å². The maximum absolute atomic E-state index is 12.6. The van der Waals surface area contributed by atoms with Crippen LogP contribution < -0.4 is 5.32 Å². The van der Waals surface area contributed by atoms with Crippen LogP contribution in [0.25, 0.3) is 28.3 Å². The van der Waals surface area contributed by atoms with Crippen LogP contribution in [-0.4, -0.2) is 20.4 Å². The fraction of sp³-hybridized carbons (Fsp3) is 0.115. The number of nitrogens with one attached hydrogen (secondary N) is 1. The molecule has 6 nitrogen and oxygen atoms in total. The van der Waals surface area contributed by atoms with E-state index >= 15 is 0 Å². The number of hydrogen-bond acceptors (Lipinski definition) is 4. The number of aromatic nitrogens is 3. The van der Waals surface area contributed by atoms with Gasteiger partial charge in [0.05, 0.1) is 11.0 Å². The van der Waals surface area contributed by atoms with Crippen molar-refractivity contribution < 1.29 is 9.21 Å². The minimum Gasteiger partial charge on any atom is -0.427 e. The fourth-order valence-corrected chi connectivity index (χ4v) is 4.29. The smallest absolute Gasteiger partial charge is 0.308 e. The van der Waals surface area contributed by atoms with E-state index in [4.69, 9.17) is 21.0 Å². The van der Waals surface area contributed by atoms with Crippen LogP contribution >= 0.6 is 27.5 Å². The third kappa shape index (κ3) is 4.90. The summed E-state index contributed by atoms with van der Waals surface area (Å²) in [5, 5.41) is 3.61. The highest BCUT2D eigenvalue weighted by molar-refractivity contribution is 9.10. The Kier molecular flexibility index (Phi) is 6.47. The predicted molar refractivity (Wildman–Crippen MR) is 136 cm³/mol. The Bertz CT molecular complexity index is 1460. The van der Waals surface area contributed by atoms with E-state index in [1.54, 1.807) is 6.33 Å². The molecule has 0 saturated carbocycles. The minimum absolute atomic E-state index is 0.0620. The maximum Gasteiger partial charge on any atom is 0.308 e. The molecule has 2 aromatic heterocycles. The number of imidazole rings is 1. The normalized spacial score (nSPS) is 11.1. The molecule has 5 aromatic rings. The number of carbonyl (C=O) groups is 1. The molecule has 0 bridgehead atoms. The summed E-state index contributed by atoms with van der Waals surface area (Å²) >= 11 is 9.53. The Labute approximate surface area is 209 Å². The number of nitrogens with zero attached hydrogens (tertiary/aromatic N) is 3. The van der Waals surface area contributed by atoms with Crippen LogP contribution in [-0.2, 0) is 17.8 Å². The average Bonchev–Trinajstić information content (AvgIpc) is 3.46. The monoisotopic (exact) mass is 534 g/mol. The zero-order valence-corrected chi connectivity index (χ0v) is 20.4. The highest BCUT2D eigenvalue weighted by Gasteiger charge is 2.19. The van der Waals surface area contributed by atoms with Crippen molar-refractivity contribution in [1.82, 2.24) is 19.9 Å². The minimum atomic E-state index is -0.0620. The number of aryl methyl sites for hydroxylation is 1. The molecule has 2 heterocycles. The number of benzene rings is 3. The molecule has 5 rings (SSSR count). The van der Waals surface area contributed by atoms with Crippen LogP contribution in [0.1, 0.15) is 17.7 Å². The van der Waals surface area contributed by atoms with Crippen molar-refractivity contribution in [2.45, 2.75) is 19.4 Å². The standard InChI is InChI=1S/C26H20BrClN4O2/c27-19-5-3-4-17(14-19)15-29-24(33)13-12-23-25(18-8-10-20(28)11-9-18)31-26(34-23)32-16-30-21-6-1-2-7-22(21)32/h1-11,14,16H,12-13,15H2,(H,29,33). The second-order valence-electron chi connectivity index (χ2n) is 7.79. The lowest BCUT2D eigenvalue weighted by Crippen LogP contribution is -2.23. The van der Waals surface area contributed by atoms with Crippen molar-refractivity contribution in [3.05, 3.63) is 99.9 Å².